The maximum absolute atomic E-state index is 12.0. The highest BCUT2D eigenvalue weighted by molar-refractivity contribution is 9.10. The molecule has 2 amide bonds. The van der Waals surface area contributed by atoms with Gasteiger partial charge >= 0.3 is 0 Å². The normalized spacial score (nSPS) is 11.2. The zero-order valence-electron chi connectivity index (χ0n) is 15.2. The van der Waals surface area contributed by atoms with Crippen LogP contribution in [-0.2, 0) is 16.1 Å². The summed E-state index contributed by atoms with van der Waals surface area (Å²) in [5.74, 6) is -0.938. The smallest absolute Gasteiger partial charge is 0.265 e. The molecule has 0 saturated carbocycles. The first-order valence-electron chi connectivity index (χ1n) is 8.70. The molecule has 3 N–H and O–H groups in total. The molecule has 0 spiro atoms. The fraction of sp³-hybridized carbons (Fsp3) is 0.200. The number of rotatable bonds is 6. The molecule has 3 rings (SSSR count). The Hall–Kier alpha value is -3.00. The summed E-state index contributed by atoms with van der Waals surface area (Å²) in [5, 5.41) is 21.0. The molecule has 0 saturated heterocycles. The van der Waals surface area contributed by atoms with Gasteiger partial charge < -0.3 is 15.4 Å². The predicted octanol–water partition coefficient (Wildman–Crippen LogP) is 4.65. The van der Waals surface area contributed by atoms with Crippen LogP contribution in [0.1, 0.15) is 24.0 Å². The van der Waals surface area contributed by atoms with Crippen LogP contribution in [0.2, 0.25) is 0 Å². The number of carbonyl (C=O) groups is 2. The minimum Gasteiger partial charge on any atom is -0.493 e. The van der Waals surface area contributed by atoms with Gasteiger partial charge in [0.05, 0.1) is 5.52 Å². The SMILES string of the molecule is Cc1ccc2[nH]c(O)c(N=NC(=O)CCC(=O)NCc3ccccc3)c2c1Br. The highest BCUT2D eigenvalue weighted by Gasteiger charge is 2.15. The summed E-state index contributed by atoms with van der Waals surface area (Å²) >= 11 is 3.47. The van der Waals surface area contributed by atoms with Crippen LogP contribution in [-0.4, -0.2) is 21.9 Å². The number of azo groups is 1. The number of halogens is 1. The van der Waals surface area contributed by atoms with Crippen molar-refractivity contribution in [3.05, 3.63) is 58.1 Å². The minimum absolute atomic E-state index is 0.0212. The molecule has 0 aliphatic carbocycles. The van der Waals surface area contributed by atoms with Gasteiger partial charge in [0, 0.05) is 29.2 Å². The first-order valence-corrected chi connectivity index (χ1v) is 9.50. The van der Waals surface area contributed by atoms with Gasteiger partial charge in [-0.2, -0.15) is 0 Å². The molecule has 1 aromatic heterocycles. The van der Waals surface area contributed by atoms with Gasteiger partial charge in [0.1, 0.15) is 0 Å². The zero-order valence-corrected chi connectivity index (χ0v) is 16.8. The van der Waals surface area contributed by atoms with E-state index in [1.165, 1.54) is 0 Å². The Morgan fingerprint density at radius 1 is 1.14 bits per heavy atom. The van der Waals surface area contributed by atoms with Crippen LogP contribution < -0.4 is 5.32 Å². The van der Waals surface area contributed by atoms with Crippen molar-refractivity contribution in [1.82, 2.24) is 10.3 Å². The lowest BCUT2D eigenvalue weighted by Gasteiger charge is -2.04. The van der Waals surface area contributed by atoms with Crippen molar-refractivity contribution >= 4 is 44.3 Å². The van der Waals surface area contributed by atoms with E-state index >= 15 is 0 Å². The summed E-state index contributed by atoms with van der Waals surface area (Å²) in [7, 11) is 0. The molecule has 0 bridgehead atoms. The quantitative estimate of drug-likeness (QED) is 0.483. The predicted molar refractivity (Wildman–Crippen MR) is 109 cm³/mol. The highest BCUT2D eigenvalue weighted by atomic mass is 79.9. The number of aromatic nitrogens is 1. The lowest BCUT2D eigenvalue weighted by Crippen LogP contribution is -2.22. The van der Waals surface area contributed by atoms with Gasteiger partial charge in [-0.25, -0.2) is 0 Å². The van der Waals surface area contributed by atoms with Crippen molar-refractivity contribution in [1.29, 1.82) is 0 Å². The van der Waals surface area contributed by atoms with Crippen LogP contribution in [0.5, 0.6) is 5.88 Å². The van der Waals surface area contributed by atoms with E-state index in [2.05, 4.69) is 36.5 Å². The third-order valence-corrected chi connectivity index (χ3v) is 5.23. The summed E-state index contributed by atoms with van der Waals surface area (Å²) in [6.45, 7) is 2.32. The third-order valence-electron chi connectivity index (χ3n) is 4.21. The lowest BCUT2D eigenvalue weighted by molar-refractivity contribution is -0.125. The second-order valence-corrected chi connectivity index (χ2v) is 7.09. The van der Waals surface area contributed by atoms with E-state index in [1.807, 2.05) is 49.4 Å². The number of aromatic hydroxyl groups is 1. The number of fused-ring (bicyclic) bond motifs is 1. The Labute approximate surface area is 170 Å². The zero-order chi connectivity index (χ0) is 20.1. The molecule has 1 heterocycles. The maximum atomic E-state index is 12.0. The van der Waals surface area contributed by atoms with Crippen molar-refractivity contribution in [2.45, 2.75) is 26.3 Å². The molecule has 0 unspecified atom stereocenters. The number of H-pyrrole nitrogens is 1. The van der Waals surface area contributed by atoms with Gasteiger partial charge in [0.15, 0.2) is 5.69 Å². The molecule has 7 nitrogen and oxygen atoms in total. The molecule has 8 heteroatoms. The van der Waals surface area contributed by atoms with Crippen molar-refractivity contribution in [3.8, 4) is 5.88 Å². The standard InChI is InChI=1S/C20H19BrN4O3/c1-12-7-8-14-17(18(12)21)19(20(28)23-14)25-24-16(27)10-9-15(26)22-11-13-5-3-2-4-6-13/h2-8,23,28H,9-11H2,1H3,(H,22,26). The third kappa shape index (κ3) is 4.64. The maximum Gasteiger partial charge on any atom is 0.265 e. The highest BCUT2D eigenvalue weighted by Crippen LogP contribution is 2.41. The molecular weight excluding hydrogens is 424 g/mol. The second kappa shape index (κ2) is 8.79. The number of aryl methyl sites for hydroxylation is 1. The average molecular weight is 443 g/mol. The van der Waals surface area contributed by atoms with E-state index < -0.39 is 5.91 Å². The minimum atomic E-state index is -0.535. The molecule has 28 heavy (non-hydrogen) atoms. The van der Waals surface area contributed by atoms with Crippen LogP contribution in [0.4, 0.5) is 5.69 Å². The topological polar surface area (TPSA) is 107 Å². The Balaban J connectivity index is 1.58. The molecule has 0 fully saturated rings. The van der Waals surface area contributed by atoms with Gasteiger partial charge in [0.2, 0.25) is 11.8 Å². The van der Waals surface area contributed by atoms with Gasteiger partial charge in [-0.15, -0.1) is 10.2 Å². The summed E-state index contributed by atoms with van der Waals surface area (Å²) < 4.78 is 0.767. The summed E-state index contributed by atoms with van der Waals surface area (Å²) in [5.41, 5.74) is 2.81. The van der Waals surface area contributed by atoms with Crippen LogP contribution in [0, 0.1) is 6.92 Å². The summed E-state index contributed by atoms with van der Waals surface area (Å²) in [4.78, 5) is 26.6. The van der Waals surface area contributed by atoms with Crippen molar-refractivity contribution < 1.29 is 14.7 Å². The van der Waals surface area contributed by atoms with Gasteiger partial charge in [-0.1, -0.05) is 36.4 Å². The van der Waals surface area contributed by atoms with Crippen LogP contribution >= 0.6 is 15.9 Å². The molecule has 0 aliphatic rings. The molecule has 2 aromatic carbocycles. The molecule has 144 valence electrons. The molecular formula is C20H19BrN4O3. The number of aromatic amines is 1. The van der Waals surface area contributed by atoms with Crippen LogP contribution in [0.15, 0.2) is 57.2 Å². The molecule has 0 radical (unpaired) electrons. The van der Waals surface area contributed by atoms with Gasteiger partial charge in [0.25, 0.3) is 5.91 Å². The molecule has 0 atom stereocenters. The monoisotopic (exact) mass is 442 g/mol. The van der Waals surface area contributed by atoms with E-state index in [1.54, 1.807) is 0 Å². The Morgan fingerprint density at radius 2 is 1.89 bits per heavy atom. The fourth-order valence-electron chi connectivity index (χ4n) is 2.68. The van der Waals surface area contributed by atoms with Gasteiger partial charge in [-0.3, -0.25) is 9.59 Å². The molecule has 0 aliphatic heterocycles. The Bertz CT molecular complexity index is 1040. The number of hydrogen-bond acceptors (Lipinski definition) is 4. The lowest BCUT2D eigenvalue weighted by atomic mass is 10.1. The number of carbonyl (C=O) groups excluding carboxylic acids is 2. The van der Waals surface area contributed by atoms with Crippen molar-refractivity contribution in [3.63, 3.8) is 0 Å². The number of nitrogens with zero attached hydrogens (tertiary/aromatic N) is 2. The average Bonchev–Trinajstić information content (AvgIpc) is 3.02. The van der Waals surface area contributed by atoms with E-state index in [0.717, 1.165) is 15.6 Å². The van der Waals surface area contributed by atoms with E-state index in [0.29, 0.717) is 17.4 Å². The molecule has 3 aromatic rings. The van der Waals surface area contributed by atoms with Crippen molar-refractivity contribution in [2.24, 2.45) is 10.2 Å². The van der Waals surface area contributed by atoms with E-state index in [-0.39, 0.29) is 30.3 Å². The first kappa shape index (κ1) is 19.8. The van der Waals surface area contributed by atoms with Crippen LogP contribution in [0.3, 0.4) is 0 Å². The Kier molecular flexibility index (Phi) is 6.20. The Morgan fingerprint density at radius 3 is 2.64 bits per heavy atom. The summed E-state index contributed by atoms with van der Waals surface area (Å²) in [6, 6.07) is 13.2. The largest absolute Gasteiger partial charge is 0.493 e. The van der Waals surface area contributed by atoms with Crippen molar-refractivity contribution in [2.75, 3.05) is 0 Å². The number of benzene rings is 2. The van der Waals surface area contributed by atoms with Crippen LogP contribution in [0.25, 0.3) is 10.9 Å². The second-order valence-electron chi connectivity index (χ2n) is 6.30. The first-order chi connectivity index (χ1) is 13.5. The van der Waals surface area contributed by atoms with Gasteiger partial charge in [-0.05, 0) is 40.0 Å². The summed E-state index contributed by atoms with van der Waals surface area (Å²) in [6.07, 6.45) is -0.0409. The number of nitrogens with one attached hydrogen (secondary N) is 2. The number of amides is 2. The van der Waals surface area contributed by atoms with E-state index in [4.69, 9.17) is 0 Å². The van der Waals surface area contributed by atoms with E-state index in [9.17, 15) is 14.7 Å². The number of hydrogen-bond donors (Lipinski definition) is 3. The fourth-order valence-corrected chi connectivity index (χ4v) is 3.21.